The summed E-state index contributed by atoms with van der Waals surface area (Å²) in [6.45, 7) is 0. The van der Waals surface area contributed by atoms with Crippen LogP contribution in [-0.4, -0.2) is 34.0 Å². The summed E-state index contributed by atoms with van der Waals surface area (Å²) in [4.78, 5) is 33.6. The number of aromatic hydroxyl groups is 1. The predicted octanol–water partition coefficient (Wildman–Crippen LogP) is 0.308. The highest BCUT2D eigenvalue weighted by Gasteiger charge is 2.28. The van der Waals surface area contributed by atoms with Crippen LogP contribution in [-0.2, 0) is 9.59 Å². The SMILES string of the molecule is O=C1CCC(C(=O)Nc2cccc(C(=O)O)c2O)N1. The molecule has 0 radical (unpaired) electrons. The standard InChI is InChI=1S/C12H12N2O5/c15-9-5-4-8(13-9)11(17)14-7-3-1-2-6(10(7)16)12(18)19/h1-3,8,16H,4-5H2,(H,13,15)(H,14,17)(H,18,19). The molecule has 1 aliphatic heterocycles. The number of phenols is 1. The number of carboxylic acids is 1. The molecule has 19 heavy (non-hydrogen) atoms. The molecule has 1 saturated heterocycles. The maximum Gasteiger partial charge on any atom is 0.339 e. The maximum atomic E-state index is 11.8. The number of carboxylic acid groups (broad SMARTS) is 1. The lowest BCUT2D eigenvalue weighted by Gasteiger charge is -2.12. The summed E-state index contributed by atoms with van der Waals surface area (Å²) in [5.41, 5.74) is -0.292. The summed E-state index contributed by atoms with van der Waals surface area (Å²) in [7, 11) is 0. The van der Waals surface area contributed by atoms with Crippen molar-refractivity contribution in [1.82, 2.24) is 5.32 Å². The molecule has 7 heteroatoms. The minimum absolute atomic E-state index is 0.00560. The Hall–Kier alpha value is -2.57. The zero-order valence-corrected chi connectivity index (χ0v) is 9.84. The van der Waals surface area contributed by atoms with Gasteiger partial charge in [-0.05, 0) is 18.6 Å². The van der Waals surface area contributed by atoms with Crippen molar-refractivity contribution in [3.8, 4) is 5.75 Å². The minimum Gasteiger partial charge on any atom is -0.505 e. The van der Waals surface area contributed by atoms with Crippen LogP contribution >= 0.6 is 0 Å². The third-order valence-electron chi connectivity index (χ3n) is 2.84. The van der Waals surface area contributed by atoms with Crippen molar-refractivity contribution in [3.63, 3.8) is 0 Å². The average molecular weight is 264 g/mol. The van der Waals surface area contributed by atoms with E-state index >= 15 is 0 Å². The van der Waals surface area contributed by atoms with Gasteiger partial charge in [0.2, 0.25) is 11.8 Å². The van der Waals surface area contributed by atoms with Crippen molar-refractivity contribution in [3.05, 3.63) is 23.8 Å². The summed E-state index contributed by atoms with van der Waals surface area (Å²) in [5, 5.41) is 23.4. The lowest BCUT2D eigenvalue weighted by atomic mass is 10.1. The first-order valence-electron chi connectivity index (χ1n) is 5.64. The summed E-state index contributed by atoms with van der Waals surface area (Å²) in [5.74, 6) is -2.48. The van der Waals surface area contributed by atoms with Crippen molar-refractivity contribution >= 4 is 23.5 Å². The predicted molar refractivity (Wildman–Crippen MR) is 64.9 cm³/mol. The van der Waals surface area contributed by atoms with Crippen LogP contribution in [0.2, 0.25) is 0 Å². The van der Waals surface area contributed by atoms with Crippen LogP contribution in [0.5, 0.6) is 5.75 Å². The van der Waals surface area contributed by atoms with Gasteiger partial charge >= 0.3 is 5.97 Å². The first kappa shape index (κ1) is 12.9. The van der Waals surface area contributed by atoms with E-state index in [1.807, 2.05) is 0 Å². The molecule has 0 spiro atoms. The second-order valence-electron chi connectivity index (χ2n) is 4.15. The smallest absolute Gasteiger partial charge is 0.339 e. The lowest BCUT2D eigenvalue weighted by molar-refractivity contribution is -0.122. The van der Waals surface area contributed by atoms with E-state index in [1.54, 1.807) is 0 Å². The van der Waals surface area contributed by atoms with Gasteiger partial charge in [-0.25, -0.2) is 4.79 Å². The van der Waals surface area contributed by atoms with E-state index in [0.29, 0.717) is 6.42 Å². The van der Waals surface area contributed by atoms with E-state index < -0.39 is 23.7 Å². The average Bonchev–Trinajstić information content (AvgIpc) is 2.78. The molecule has 1 aromatic carbocycles. The van der Waals surface area contributed by atoms with E-state index in [1.165, 1.54) is 18.2 Å². The summed E-state index contributed by atoms with van der Waals surface area (Å²) in [6.07, 6.45) is 0.656. The van der Waals surface area contributed by atoms with E-state index in [2.05, 4.69) is 10.6 Å². The van der Waals surface area contributed by atoms with Crippen molar-refractivity contribution in [2.45, 2.75) is 18.9 Å². The Morgan fingerprint density at radius 1 is 1.37 bits per heavy atom. The normalized spacial score (nSPS) is 17.9. The molecular formula is C12H12N2O5. The molecular weight excluding hydrogens is 252 g/mol. The fourth-order valence-electron chi connectivity index (χ4n) is 1.85. The van der Waals surface area contributed by atoms with E-state index in [9.17, 15) is 19.5 Å². The lowest BCUT2D eigenvalue weighted by Crippen LogP contribution is -2.37. The van der Waals surface area contributed by atoms with Gasteiger partial charge in [0.05, 0.1) is 5.69 Å². The number of amides is 2. The van der Waals surface area contributed by atoms with Gasteiger partial charge in [-0.15, -0.1) is 0 Å². The first-order chi connectivity index (χ1) is 8.99. The maximum absolute atomic E-state index is 11.8. The van der Waals surface area contributed by atoms with E-state index in [-0.39, 0.29) is 23.6 Å². The summed E-state index contributed by atoms with van der Waals surface area (Å²) in [6, 6.07) is 3.37. The summed E-state index contributed by atoms with van der Waals surface area (Å²) >= 11 is 0. The number of anilines is 1. The topological polar surface area (TPSA) is 116 Å². The molecule has 1 aromatic rings. The number of nitrogens with one attached hydrogen (secondary N) is 2. The molecule has 2 rings (SSSR count). The highest BCUT2D eigenvalue weighted by molar-refractivity contribution is 6.01. The molecule has 1 aliphatic rings. The number of para-hydroxylation sites is 1. The van der Waals surface area contributed by atoms with Crippen LogP contribution < -0.4 is 10.6 Å². The zero-order chi connectivity index (χ0) is 14.0. The van der Waals surface area contributed by atoms with Crippen LogP contribution in [0, 0.1) is 0 Å². The van der Waals surface area contributed by atoms with Gasteiger partial charge < -0.3 is 20.8 Å². The Labute approximate surface area is 108 Å². The Morgan fingerprint density at radius 3 is 2.68 bits per heavy atom. The van der Waals surface area contributed by atoms with E-state index in [4.69, 9.17) is 5.11 Å². The second kappa shape index (κ2) is 4.97. The molecule has 1 atom stereocenters. The number of hydrogen-bond donors (Lipinski definition) is 4. The molecule has 0 saturated carbocycles. The number of aromatic carboxylic acids is 1. The Morgan fingerprint density at radius 2 is 2.11 bits per heavy atom. The molecule has 100 valence electrons. The second-order valence-corrected chi connectivity index (χ2v) is 4.15. The molecule has 7 nitrogen and oxygen atoms in total. The van der Waals surface area contributed by atoms with Crippen molar-refractivity contribution < 1.29 is 24.6 Å². The highest BCUT2D eigenvalue weighted by Crippen LogP contribution is 2.27. The van der Waals surface area contributed by atoms with Gasteiger partial charge in [-0.2, -0.15) is 0 Å². The van der Waals surface area contributed by atoms with Crippen LogP contribution in [0.15, 0.2) is 18.2 Å². The van der Waals surface area contributed by atoms with Crippen molar-refractivity contribution in [2.75, 3.05) is 5.32 Å². The molecule has 0 aromatic heterocycles. The Bertz CT molecular complexity index is 555. The molecule has 0 bridgehead atoms. The van der Waals surface area contributed by atoms with Crippen LogP contribution in [0.1, 0.15) is 23.2 Å². The molecule has 1 fully saturated rings. The fraction of sp³-hybridized carbons (Fsp3) is 0.250. The monoisotopic (exact) mass is 264 g/mol. The third-order valence-corrected chi connectivity index (χ3v) is 2.84. The van der Waals surface area contributed by atoms with Crippen molar-refractivity contribution in [2.24, 2.45) is 0 Å². The number of carbonyl (C=O) groups excluding carboxylic acids is 2. The number of carbonyl (C=O) groups is 3. The van der Waals surface area contributed by atoms with Gasteiger partial charge in [0.25, 0.3) is 0 Å². The van der Waals surface area contributed by atoms with Gasteiger partial charge in [0, 0.05) is 6.42 Å². The van der Waals surface area contributed by atoms with Gasteiger partial charge in [0.15, 0.2) is 5.75 Å². The Balaban J connectivity index is 2.15. The van der Waals surface area contributed by atoms with Crippen LogP contribution in [0.4, 0.5) is 5.69 Å². The van der Waals surface area contributed by atoms with Crippen LogP contribution in [0.25, 0.3) is 0 Å². The van der Waals surface area contributed by atoms with Gasteiger partial charge in [-0.3, -0.25) is 9.59 Å². The fourth-order valence-corrected chi connectivity index (χ4v) is 1.85. The molecule has 2 amide bonds. The first-order valence-corrected chi connectivity index (χ1v) is 5.64. The van der Waals surface area contributed by atoms with Gasteiger partial charge in [-0.1, -0.05) is 6.07 Å². The van der Waals surface area contributed by atoms with E-state index in [0.717, 1.165) is 0 Å². The number of hydrogen-bond acceptors (Lipinski definition) is 4. The van der Waals surface area contributed by atoms with Crippen LogP contribution in [0.3, 0.4) is 0 Å². The minimum atomic E-state index is -1.29. The molecule has 1 heterocycles. The summed E-state index contributed by atoms with van der Waals surface area (Å²) < 4.78 is 0. The quantitative estimate of drug-likeness (QED) is 0.586. The zero-order valence-electron chi connectivity index (χ0n) is 9.84. The number of rotatable bonds is 3. The van der Waals surface area contributed by atoms with Crippen molar-refractivity contribution in [1.29, 1.82) is 0 Å². The largest absolute Gasteiger partial charge is 0.505 e. The highest BCUT2D eigenvalue weighted by atomic mass is 16.4. The molecule has 0 aliphatic carbocycles. The molecule has 1 unspecified atom stereocenters. The Kier molecular flexibility index (Phi) is 3.37. The van der Waals surface area contributed by atoms with Gasteiger partial charge in [0.1, 0.15) is 11.6 Å². The number of benzene rings is 1. The molecule has 4 N–H and O–H groups in total. The third kappa shape index (κ3) is 2.65.